The lowest BCUT2D eigenvalue weighted by molar-refractivity contribution is 0.0942. The zero-order chi connectivity index (χ0) is 12.7. The van der Waals surface area contributed by atoms with E-state index in [1.54, 1.807) is 14.2 Å². The second-order valence-electron chi connectivity index (χ2n) is 3.66. The summed E-state index contributed by atoms with van der Waals surface area (Å²) in [5.41, 5.74) is 1.02. The van der Waals surface area contributed by atoms with Gasteiger partial charge in [0.05, 0.1) is 26.9 Å². The number of benzene rings is 1. The molecule has 3 N–H and O–H groups in total. The van der Waals surface area contributed by atoms with Crippen LogP contribution in [0.5, 0.6) is 11.5 Å². The number of nitrogens with one attached hydrogen (secondary N) is 1. The third-order valence-electron chi connectivity index (χ3n) is 2.37. The first-order chi connectivity index (χ1) is 8.21. The van der Waals surface area contributed by atoms with Gasteiger partial charge in [0, 0.05) is 13.1 Å². The van der Waals surface area contributed by atoms with Gasteiger partial charge in [0.1, 0.15) is 0 Å². The predicted octanol–water partition coefficient (Wildman–Crippen LogP) is 0.147. The Morgan fingerprint density at radius 1 is 1.24 bits per heavy atom. The van der Waals surface area contributed by atoms with Gasteiger partial charge < -0.3 is 25.0 Å². The highest BCUT2D eigenvalue weighted by Crippen LogP contribution is 2.27. The van der Waals surface area contributed by atoms with Gasteiger partial charge in [-0.15, -0.1) is 0 Å². The first-order valence-electron chi connectivity index (χ1n) is 5.41. The SMILES string of the molecule is COc1ccc(CNCC(O)CO)cc1OC. The normalized spacial score (nSPS) is 12.2. The van der Waals surface area contributed by atoms with Gasteiger partial charge in [-0.3, -0.25) is 0 Å². The van der Waals surface area contributed by atoms with E-state index in [1.807, 2.05) is 18.2 Å². The van der Waals surface area contributed by atoms with Gasteiger partial charge in [0.15, 0.2) is 11.5 Å². The van der Waals surface area contributed by atoms with Crippen molar-refractivity contribution in [3.05, 3.63) is 23.8 Å². The molecule has 1 unspecified atom stereocenters. The Kier molecular flexibility index (Phi) is 5.76. The molecule has 1 rings (SSSR count). The molecule has 0 amide bonds. The minimum absolute atomic E-state index is 0.237. The Morgan fingerprint density at radius 2 is 1.94 bits per heavy atom. The Balaban J connectivity index is 2.54. The Bertz CT molecular complexity index is 343. The number of methoxy groups -OCH3 is 2. The topological polar surface area (TPSA) is 71.0 Å². The molecule has 1 aromatic carbocycles. The van der Waals surface area contributed by atoms with Gasteiger partial charge in [-0.2, -0.15) is 0 Å². The fourth-order valence-corrected chi connectivity index (χ4v) is 1.44. The zero-order valence-corrected chi connectivity index (χ0v) is 10.1. The molecular formula is C12H19NO4. The predicted molar refractivity (Wildman–Crippen MR) is 64.3 cm³/mol. The van der Waals surface area contributed by atoms with Crippen LogP contribution < -0.4 is 14.8 Å². The van der Waals surface area contributed by atoms with Crippen molar-refractivity contribution in [1.29, 1.82) is 0 Å². The van der Waals surface area contributed by atoms with Gasteiger partial charge in [-0.25, -0.2) is 0 Å². The molecular weight excluding hydrogens is 222 g/mol. The third kappa shape index (κ3) is 4.22. The maximum Gasteiger partial charge on any atom is 0.161 e. The second-order valence-corrected chi connectivity index (χ2v) is 3.66. The quantitative estimate of drug-likeness (QED) is 0.633. The largest absolute Gasteiger partial charge is 0.493 e. The molecule has 0 spiro atoms. The third-order valence-corrected chi connectivity index (χ3v) is 2.37. The van der Waals surface area contributed by atoms with Crippen LogP contribution in [-0.4, -0.2) is 43.7 Å². The molecule has 0 saturated carbocycles. The first kappa shape index (κ1) is 13.8. The van der Waals surface area contributed by atoms with E-state index in [1.165, 1.54) is 0 Å². The summed E-state index contributed by atoms with van der Waals surface area (Å²) in [5, 5.41) is 20.9. The van der Waals surface area contributed by atoms with E-state index in [-0.39, 0.29) is 6.61 Å². The van der Waals surface area contributed by atoms with Crippen LogP contribution in [0.25, 0.3) is 0 Å². The van der Waals surface area contributed by atoms with E-state index < -0.39 is 6.10 Å². The maximum atomic E-state index is 9.16. The summed E-state index contributed by atoms with van der Waals surface area (Å²) >= 11 is 0. The summed E-state index contributed by atoms with van der Waals surface area (Å²) in [6.45, 7) is 0.710. The van der Waals surface area contributed by atoms with Crippen LogP contribution in [0.15, 0.2) is 18.2 Å². The molecule has 0 bridgehead atoms. The van der Waals surface area contributed by atoms with Gasteiger partial charge >= 0.3 is 0 Å². The highest BCUT2D eigenvalue weighted by atomic mass is 16.5. The highest BCUT2D eigenvalue weighted by Gasteiger charge is 2.05. The lowest BCUT2D eigenvalue weighted by atomic mass is 10.2. The smallest absolute Gasteiger partial charge is 0.161 e. The van der Waals surface area contributed by atoms with Crippen molar-refractivity contribution in [2.24, 2.45) is 0 Å². The fraction of sp³-hybridized carbons (Fsp3) is 0.500. The first-order valence-corrected chi connectivity index (χ1v) is 5.41. The summed E-state index contributed by atoms with van der Waals surface area (Å²) in [5.74, 6) is 1.36. The standard InChI is InChI=1S/C12H19NO4/c1-16-11-4-3-9(5-12(11)17-2)6-13-7-10(15)8-14/h3-5,10,13-15H,6-8H2,1-2H3. The Morgan fingerprint density at radius 3 is 2.53 bits per heavy atom. The molecule has 0 aliphatic carbocycles. The van der Waals surface area contributed by atoms with Crippen molar-refractivity contribution >= 4 is 0 Å². The molecule has 1 atom stereocenters. The highest BCUT2D eigenvalue weighted by molar-refractivity contribution is 5.42. The van der Waals surface area contributed by atoms with E-state index in [9.17, 15) is 0 Å². The summed E-state index contributed by atoms with van der Waals surface area (Å²) in [6.07, 6.45) is -0.727. The Labute approximate surface area is 101 Å². The molecule has 0 saturated heterocycles. The monoisotopic (exact) mass is 241 g/mol. The van der Waals surface area contributed by atoms with E-state index in [0.717, 1.165) is 5.56 Å². The van der Waals surface area contributed by atoms with E-state index in [0.29, 0.717) is 24.6 Å². The van der Waals surface area contributed by atoms with Gasteiger partial charge in [0.25, 0.3) is 0 Å². The van der Waals surface area contributed by atoms with Crippen LogP contribution in [0, 0.1) is 0 Å². The average molecular weight is 241 g/mol. The number of rotatable bonds is 7. The zero-order valence-electron chi connectivity index (χ0n) is 10.1. The summed E-state index contributed by atoms with van der Waals surface area (Å²) in [4.78, 5) is 0. The minimum Gasteiger partial charge on any atom is -0.493 e. The number of hydrogen-bond donors (Lipinski definition) is 3. The summed E-state index contributed by atoms with van der Waals surface area (Å²) in [7, 11) is 3.18. The van der Waals surface area contributed by atoms with Crippen molar-refractivity contribution in [3.8, 4) is 11.5 Å². The van der Waals surface area contributed by atoms with Crippen LogP contribution >= 0.6 is 0 Å². The van der Waals surface area contributed by atoms with Crippen molar-refractivity contribution in [2.75, 3.05) is 27.4 Å². The molecule has 0 aromatic heterocycles. The van der Waals surface area contributed by atoms with E-state index in [4.69, 9.17) is 19.7 Å². The molecule has 0 fully saturated rings. The molecule has 1 aromatic rings. The van der Waals surface area contributed by atoms with Gasteiger partial charge in [-0.05, 0) is 17.7 Å². The van der Waals surface area contributed by atoms with Crippen molar-refractivity contribution < 1.29 is 19.7 Å². The molecule has 0 radical (unpaired) electrons. The average Bonchev–Trinajstić information content (AvgIpc) is 2.38. The molecule has 96 valence electrons. The van der Waals surface area contributed by atoms with E-state index >= 15 is 0 Å². The fourth-order valence-electron chi connectivity index (χ4n) is 1.44. The molecule has 0 aliphatic heterocycles. The lowest BCUT2D eigenvalue weighted by Crippen LogP contribution is -2.28. The van der Waals surface area contributed by atoms with Crippen molar-refractivity contribution in [3.63, 3.8) is 0 Å². The summed E-state index contributed by atoms with van der Waals surface area (Å²) in [6, 6.07) is 5.62. The molecule has 5 heteroatoms. The van der Waals surface area contributed by atoms with Gasteiger partial charge in [-0.1, -0.05) is 6.07 Å². The maximum absolute atomic E-state index is 9.16. The van der Waals surface area contributed by atoms with Crippen LogP contribution in [0.3, 0.4) is 0 Å². The number of hydrogen-bond acceptors (Lipinski definition) is 5. The van der Waals surface area contributed by atoms with Crippen LogP contribution in [0.4, 0.5) is 0 Å². The number of aliphatic hydroxyl groups is 2. The van der Waals surface area contributed by atoms with Crippen LogP contribution in [0.2, 0.25) is 0 Å². The number of ether oxygens (including phenoxy) is 2. The van der Waals surface area contributed by atoms with Crippen LogP contribution in [0.1, 0.15) is 5.56 Å². The summed E-state index contributed by atoms with van der Waals surface area (Å²) < 4.78 is 10.3. The molecule has 0 heterocycles. The van der Waals surface area contributed by atoms with Gasteiger partial charge in [0.2, 0.25) is 0 Å². The molecule has 17 heavy (non-hydrogen) atoms. The van der Waals surface area contributed by atoms with Crippen molar-refractivity contribution in [1.82, 2.24) is 5.32 Å². The molecule has 0 aliphatic rings. The molecule has 5 nitrogen and oxygen atoms in total. The number of aliphatic hydroxyl groups excluding tert-OH is 2. The van der Waals surface area contributed by atoms with Crippen LogP contribution in [-0.2, 0) is 6.54 Å². The van der Waals surface area contributed by atoms with Crippen molar-refractivity contribution in [2.45, 2.75) is 12.6 Å². The second kappa shape index (κ2) is 7.11. The lowest BCUT2D eigenvalue weighted by Gasteiger charge is -2.11. The Hall–Kier alpha value is -1.30. The minimum atomic E-state index is -0.727. The van der Waals surface area contributed by atoms with E-state index in [2.05, 4.69) is 5.32 Å².